The number of morpholine rings is 1. The molecule has 0 unspecified atom stereocenters. The molecule has 6 nitrogen and oxygen atoms in total. The molecule has 1 aliphatic heterocycles. The molecule has 0 bridgehead atoms. The maximum absolute atomic E-state index is 6.18. The number of nitrogens with one attached hydrogen (secondary N) is 1. The van der Waals surface area contributed by atoms with Gasteiger partial charge >= 0.3 is 0 Å². The predicted molar refractivity (Wildman–Crippen MR) is 99.4 cm³/mol. The first-order chi connectivity index (χ1) is 12.3. The van der Waals surface area contributed by atoms with E-state index < -0.39 is 0 Å². The molecule has 0 saturated carbocycles. The van der Waals surface area contributed by atoms with Crippen LogP contribution in [-0.4, -0.2) is 36.4 Å². The molecule has 0 aliphatic carbocycles. The molecule has 8 heteroatoms. The third-order valence-electron chi connectivity index (χ3n) is 3.95. The zero-order chi connectivity index (χ0) is 17.1. The van der Waals surface area contributed by atoms with E-state index in [-0.39, 0.29) is 0 Å². The summed E-state index contributed by atoms with van der Waals surface area (Å²) < 4.78 is 10.8. The molecular weight excluding hydrogens is 360 g/mol. The summed E-state index contributed by atoms with van der Waals surface area (Å²) in [5, 5.41) is 10.1. The zero-order valence-corrected chi connectivity index (χ0v) is 15.0. The molecule has 2 aromatic heterocycles. The maximum atomic E-state index is 6.18. The van der Waals surface area contributed by atoms with E-state index in [1.54, 1.807) is 11.3 Å². The average Bonchev–Trinajstić information content (AvgIpc) is 3.32. The minimum absolute atomic E-state index is 0.441. The lowest BCUT2D eigenvalue weighted by Gasteiger charge is -2.30. The van der Waals surface area contributed by atoms with E-state index in [1.807, 2.05) is 35.7 Å². The van der Waals surface area contributed by atoms with E-state index in [0.717, 1.165) is 42.6 Å². The Balaban J connectivity index is 1.49. The summed E-state index contributed by atoms with van der Waals surface area (Å²) in [6.45, 7) is 3.63. The molecule has 1 aromatic carbocycles. The molecule has 0 amide bonds. The SMILES string of the molecule is Clc1ccc(N2CCOCC2)c(NCc2nc(-c3cccs3)no2)c1. The standard InChI is InChI=1S/C17H17ClN4O2S/c18-12-3-4-14(22-5-7-23-8-6-22)13(10-12)19-11-16-20-17(21-24-16)15-2-1-9-25-15/h1-4,9-10,19H,5-8,11H2. The number of hydrogen-bond donors (Lipinski definition) is 1. The third-order valence-corrected chi connectivity index (χ3v) is 5.05. The van der Waals surface area contributed by atoms with Gasteiger partial charge in [0, 0.05) is 18.1 Å². The first-order valence-electron chi connectivity index (χ1n) is 8.02. The van der Waals surface area contributed by atoms with Gasteiger partial charge in [-0.05, 0) is 29.6 Å². The Kier molecular flexibility index (Phi) is 4.87. The number of ether oxygens (including phenoxy) is 1. The van der Waals surface area contributed by atoms with Crippen molar-refractivity contribution >= 4 is 34.3 Å². The molecule has 130 valence electrons. The topological polar surface area (TPSA) is 63.4 Å². The number of anilines is 2. The van der Waals surface area contributed by atoms with Gasteiger partial charge in [0.05, 0.1) is 36.0 Å². The fraction of sp³-hybridized carbons (Fsp3) is 0.294. The van der Waals surface area contributed by atoms with Crippen molar-refractivity contribution in [2.24, 2.45) is 0 Å². The van der Waals surface area contributed by atoms with Gasteiger partial charge in [-0.2, -0.15) is 4.98 Å². The van der Waals surface area contributed by atoms with Crippen LogP contribution in [0.2, 0.25) is 5.02 Å². The van der Waals surface area contributed by atoms with Crippen LogP contribution in [0.3, 0.4) is 0 Å². The number of halogens is 1. The summed E-state index contributed by atoms with van der Waals surface area (Å²) in [4.78, 5) is 7.71. The summed E-state index contributed by atoms with van der Waals surface area (Å²) in [6.07, 6.45) is 0. The van der Waals surface area contributed by atoms with Crippen LogP contribution in [0.4, 0.5) is 11.4 Å². The van der Waals surface area contributed by atoms with Crippen LogP contribution in [0.25, 0.3) is 10.7 Å². The van der Waals surface area contributed by atoms with Crippen molar-refractivity contribution in [3.05, 3.63) is 46.6 Å². The molecule has 4 rings (SSSR count). The molecule has 1 saturated heterocycles. The molecule has 0 radical (unpaired) electrons. The van der Waals surface area contributed by atoms with Gasteiger partial charge in [-0.3, -0.25) is 0 Å². The van der Waals surface area contributed by atoms with Crippen LogP contribution in [-0.2, 0) is 11.3 Å². The second-order valence-electron chi connectivity index (χ2n) is 5.60. The first-order valence-corrected chi connectivity index (χ1v) is 9.28. The lowest BCUT2D eigenvalue weighted by Crippen LogP contribution is -2.36. The van der Waals surface area contributed by atoms with E-state index in [2.05, 4.69) is 20.4 Å². The van der Waals surface area contributed by atoms with Gasteiger partial charge in [0.2, 0.25) is 11.7 Å². The zero-order valence-electron chi connectivity index (χ0n) is 13.4. The summed E-state index contributed by atoms with van der Waals surface area (Å²) in [5.41, 5.74) is 2.05. The van der Waals surface area contributed by atoms with Gasteiger partial charge in [0.1, 0.15) is 0 Å². The first kappa shape index (κ1) is 16.4. The fourth-order valence-electron chi connectivity index (χ4n) is 2.73. The van der Waals surface area contributed by atoms with Gasteiger partial charge in [-0.1, -0.05) is 22.8 Å². The van der Waals surface area contributed by atoms with Crippen LogP contribution in [0.5, 0.6) is 0 Å². The lowest BCUT2D eigenvalue weighted by atomic mass is 10.2. The van der Waals surface area contributed by atoms with Crippen LogP contribution < -0.4 is 10.2 Å². The number of nitrogens with zero attached hydrogens (tertiary/aromatic N) is 3. The smallest absolute Gasteiger partial charge is 0.246 e. The van der Waals surface area contributed by atoms with Crippen LogP contribution in [0.1, 0.15) is 5.89 Å². The number of rotatable bonds is 5. The summed E-state index contributed by atoms with van der Waals surface area (Å²) in [5.74, 6) is 1.16. The number of hydrogen-bond acceptors (Lipinski definition) is 7. The van der Waals surface area contributed by atoms with Crippen LogP contribution in [0, 0.1) is 0 Å². The van der Waals surface area contributed by atoms with Gasteiger partial charge in [0.25, 0.3) is 0 Å². The summed E-state index contributed by atoms with van der Waals surface area (Å²) in [7, 11) is 0. The van der Waals surface area contributed by atoms with E-state index >= 15 is 0 Å². The quantitative estimate of drug-likeness (QED) is 0.728. The Morgan fingerprint density at radius 2 is 2.12 bits per heavy atom. The number of thiophene rings is 1. The van der Waals surface area contributed by atoms with Crippen molar-refractivity contribution in [3.63, 3.8) is 0 Å². The van der Waals surface area contributed by atoms with Gasteiger partial charge in [0.15, 0.2) is 0 Å². The highest BCUT2D eigenvalue weighted by molar-refractivity contribution is 7.13. The highest BCUT2D eigenvalue weighted by atomic mass is 35.5. The Morgan fingerprint density at radius 3 is 2.92 bits per heavy atom. The summed E-state index contributed by atoms with van der Waals surface area (Å²) in [6, 6.07) is 9.79. The molecule has 0 spiro atoms. The van der Waals surface area contributed by atoms with Crippen molar-refractivity contribution in [3.8, 4) is 10.7 Å². The van der Waals surface area contributed by atoms with E-state index in [0.29, 0.717) is 23.3 Å². The Bertz CT molecular complexity index is 831. The lowest BCUT2D eigenvalue weighted by molar-refractivity contribution is 0.123. The van der Waals surface area contributed by atoms with Crippen molar-refractivity contribution in [2.45, 2.75) is 6.54 Å². The largest absolute Gasteiger partial charge is 0.378 e. The molecule has 1 aliphatic rings. The minimum Gasteiger partial charge on any atom is -0.378 e. The number of benzene rings is 1. The van der Waals surface area contributed by atoms with Crippen molar-refractivity contribution in [2.75, 3.05) is 36.5 Å². The van der Waals surface area contributed by atoms with Gasteiger partial charge in [-0.25, -0.2) is 0 Å². The summed E-state index contributed by atoms with van der Waals surface area (Å²) >= 11 is 7.76. The van der Waals surface area contributed by atoms with E-state index in [1.165, 1.54) is 0 Å². The highest BCUT2D eigenvalue weighted by Crippen LogP contribution is 2.30. The Labute approximate surface area is 154 Å². The number of aromatic nitrogens is 2. The molecule has 25 heavy (non-hydrogen) atoms. The van der Waals surface area contributed by atoms with Crippen molar-refractivity contribution in [1.29, 1.82) is 0 Å². The van der Waals surface area contributed by atoms with Gasteiger partial charge < -0.3 is 19.5 Å². The van der Waals surface area contributed by atoms with Gasteiger partial charge in [-0.15, -0.1) is 11.3 Å². The van der Waals surface area contributed by atoms with Crippen molar-refractivity contribution < 1.29 is 9.26 Å². The highest BCUT2D eigenvalue weighted by Gasteiger charge is 2.16. The van der Waals surface area contributed by atoms with Crippen molar-refractivity contribution in [1.82, 2.24) is 10.1 Å². The molecule has 3 heterocycles. The second-order valence-corrected chi connectivity index (χ2v) is 6.99. The predicted octanol–water partition coefficient (Wildman–Crippen LogP) is 3.90. The average molecular weight is 377 g/mol. The monoisotopic (exact) mass is 376 g/mol. The fourth-order valence-corrected chi connectivity index (χ4v) is 3.55. The Hall–Kier alpha value is -2.09. The minimum atomic E-state index is 0.441. The van der Waals surface area contributed by atoms with Crippen LogP contribution in [0.15, 0.2) is 40.2 Å². The Morgan fingerprint density at radius 1 is 1.24 bits per heavy atom. The molecular formula is C17H17ClN4O2S. The molecule has 1 N–H and O–H groups in total. The normalized spacial score (nSPS) is 14.7. The second kappa shape index (κ2) is 7.43. The molecule has 3 aromatic rings. The molecule has 1 fully saturated rings. The maximum Gasteiger partial charge on any atom is 0.246 e. The third kappa shape index (κ3) is 3.78. The van der Waals surface area contributed by atoms with E-state index in [4.69, 9.17) is 20.9 Å². The molecule has 0 atom stereocenters. The van der Waals surface area contributed by atoms with E-state index in [9.17, 15) is 0 Å². The van der Waals surface area contributed by atoms with Crippen LogP contribution >= 0.6 is 22.9 Å².